The molecule has 0 aliphatic carbocycles. The van der Waals surface area contributed by atoms with E-state index in [9.17, 15) is 9.90 Å². The number of nitrogens with zero attached hydrogens (tertiary/aromatic N) is 1. The van der Waals surface area contributed by atoms with Crippen LogP contribution >= 0.6 is 0 Å². The highest BCUT2D eigenvalue weighted by Crippen LogP contribution is 2.11. The van der Waals surface area contributed by atoms with Crippen molar-refractivity contribution in [3.05, 3.63) is 17.7 Å². The van der Waals surface area contributed by atoms with Crippen LogP contribution in [0.15, 0.2) is 6.33 Å². The number of amides is 1. The van der Waals surface area contributed by atoms with Gasteiger partial charge in [0.2, 0.25) is 5.91 Å². The molecule has 1 aromatic heterocycles. The number of rotatable bonds is 6. The van der Waals surface area contributed by atoms with Crippen molar-refractivity contribution in [2.45, 2.75) is 31.5 Å². The Balaban J connectivity index is 1.73. The molecule has 2 unspecified atom stereocenters. The third-order valence-corrected chi connectivity index (χ3v) is 3.18. The second-order valence-electron chi connectivity index (χ2n) is 4.65. The lowest BCUT2D eigenvalue weighted by Gasteiger charge is -2.22. The first-order valence-electron chi connectivity index (χ1n) is 6.40. The molecule has 7 nitrogen and oxygen atoms in total. The number of hydrogen-bond donors (Lipinski definition) is 4. The molecule has 0 fully saturated rings. The summed E-state index contributed by atoms with van der Waals surface area (Å²) in [7, 11) is 1.54. The number of carbonyl (C=O) groups is 1. The minimum atomic E-state index is -0.539. The van der Waals surface area contributed by atoms with Gasteiger partial charge in [-0.05, 0) is 6.42 Å². The van der Waals surface area contributed by atoms with Crippen LogP contribution in [0.1, 0.15) is 17.8 Å². The fourth-order valence-electron chi connectivity index (χ4n) is 2.12. The first-order valence-corrected chi connectivity index (χ1v) is 6.40. The molecule has 2 atom stereocenters. The predicted molar refractivity (Wildman–Crippen MR) is 68.4 cm³/mol. The summed E-state index contributed by atoms with van der Waals surface area (Å²) in [6.07, 6.45) is 2.18. The second kappa shape index (κ2) is 6.65. The van der Waals surface area contributed by atoms with Gasteiger partial charge in [0, 0.05) is 26.6 Å². The molecule has 1 aliphatic rings. The molecule has 0 bridgehead atoms. The minimum absolute atomic E-state index is 0.0572. The summed E-state index contributed by atoms with van der Waals surface area (Å²) in [6, 6.07) is -0.254. The number of carbonyl (C=O) groups excluding carboxylic acids is 1. The molecule has 1 aliphatic heterocycles. The van der Waals surface area contributed by atoms with E-state index >= 15 is 0 Å². The SMILES string of the molecule is COCC(O)CCNC(=O)C1Cc2nc[nH]c2CN1. The number of nitrogens with one attached hydrogen (secondary N) is 3. The van der Waals surface area contributed by atoms with E-state index in [0.29, 0.717) is 25.9 Å². The Morgan fingerprint density at radius 1 is 1.74 bits per heavy atom. The van der Waals surface area contributed by atoms with Crippen LogP contribution in [0.2, 0.25) is 0 Å². The molecule has 0 radical (unpaired) electrons. The first-order chi connectivity index (χ1) is 9.20. The van der Waals surface area contributed by atoms with Crippen LogP contribution in [0.3, 0.4) is 0 Å². The molecule has 1 amide bonds. The number of aromatic nitrogens is 2. The molecule has 0 aromatic carbocycles. The van der Waals surface area contributed by atoms with Gasteiger partial charge in [-0.15, -0.1) is 0 Å². The van der Waals surface area contributed by atoms with Crippen LogP contribution in [-0.4, -0.2) is 53.4 Å². The third kappa shape index (κ3) is 3.76. The summed E-state index contributed by atoms with van der Waals surface area (Å²) >= 11 is 0. The van der Waals surface area contributed by atoms with E-state index in [2.05, 4.69) is 20.6 Å². The van der Waals surface area contributed by atoms with Crippen molar-refractivity contribution in [3.8, 4) is 0 Å². The number of aliphatic hydroxyl groups excluding tert-OH is 1. The van der Waals surface area contributed by atoms with Crippen LogP contribution in [0, 0.1) is 0 Å². The normalized spacial score (nSPS) is 19.8. The van der Waals surface area contributed by atoms with Gasteiger partial charge in [0.25, 0.3) is 0 Å². The molecular formula is C12H20N4O3. The van der Waals surface area contributed by atoms with E-state index in [1.807, 2.05) is 0 Å². The van der Waals surface area contributed by atoms with Crippen molar-refractivity contribution in [3.63, 3.8) is 0 Å². The maximum atomic E-state index is 11.9. The molecule has 2 rings (SSSR count). The van der Waals surface area contributed by atoms with Gasteiger partial charge in [-0.2, -0.15) is 0 Å². The highest BCUT2D eigenvalue weighted by molar-refractivity contribution is 5.82. The first kappa shape index (κ1) is 14.0. The molecule has 1 aromatic rings. The largest absolute Gasteiger partial charge is 0.391 e. The van der Waals surface area contributed by atoms with Crippen LogP contribution in [0.25, 0.3) is 0 Å². The number of aliphatic hydroxyl groups is 1. The predicted octanol–water partition coefficient (Wildman–Crippen LogP) is -1.06. The summed E-state index contributed by atoms with van der Waals surface area (Å²) in [4.78, 5) is 19.2. The lowest BCUT2D eigenvalue weighted by atomic mass is 10.0. The van der Waals surface area contributed by atoms with Crippen molar-refractivity contribution in [2.24, 2.45) is 0 Å². The average molecular weight is 268 g/mol. The number of hydrogen-bond acceptors (Lipinski definition) is 5. The Morgan fingerprint density at radius 3 is 3.37 bits per heavy atom. The molecule has 4 N–H and O–H groups in total. The smallest absolute Gasteiger partial charge is 0.237 e. The number of aromatic amines is 1. The number of fused-ring (bicyclic) bond motifs is 1. The molecular weight excluding hydrogens is 248 g/mol. The Morgan fingerprint density at radius 2 is 2.58 bits per heavy atom. The van der Waals surface area contributed by atoms with Crippen molar-refractivity contribution >= 4 is 5.91 Å². The van der Waals surface area contributed by atoms with Gasteiger partial charge in [-0.3, -0.25) is 10.1 Å². The Bertz CT molecular complexity index is 421. The van der Waals surface area contributed by atoms with Gasteiger partial charge in [0.15, 0.2) is 0 Å². The summed E-state index contributed by atoms with van der Waals surface area (Å²) < 4.78 is 4.82. The second-order valence-corrected chi connectivity index (χ2v) is 4.65. The van der Waals surface area contributed by atoms with Gasteiger partial charge >= 0.3 is 0 Å². The topological polar surface area (TPSA) is 99.3 Å². The van der Waals surface area contributed by atoms with E-state index in [-0.39, 0.29) is 18.6 Å². The zero-order chi connectivity index (χ0) is 13.7. The zero-order valence-electron chi connectivity index (χ0n) is 11.0. The van der Waals surface area contributed by atoms with Crippen molar-refractivity contribution in [1.82, 2.24) is 20.6 Å². The molecule has 19 heavy (non-hydrogen) atoms. The number of methoxy groups -OCH3 is 1. The van der Waals surface area contributed by atoms with E-state index in [1.165, 1.54) is 7.11 Å². The Hall–Kier alpha value is -1.44. The monoisotopic (exact) mass is 268 g/mol. The van der Waals surface area contributed by atoms with Crippen molar-refractivity contribution in [1.29, 1.82) is 0 Å². The summed E-state index contributed by atoms with van der Waals surface area (Å²) in [5.74, 6) is -0.0572. The fraction of sp³-hybridized carbons (Fsp3) is 0.667. The quantitative estimate of drug-likeness (QED) is 0.527. The average Bonchev–Trinajstić information content (AvgIpc) is 2.86. The van der Waals surface area contributed by atoms with Crippen LogP contribution in [0.5, 0.6) is 0 Å². The van der Waals surface area contributed by atoms with Gasteiger partial charge in [-0.25, -0.2) is 4.98 Å². The van der Waals surface area contributed by atoms with Crippen molar-refractivity contribution in [2.75, 3.05) is 20.3 Å². The molecule has 0 saturated heterocycles. The van der Waals surface area contributed by atoms with Gasteiger partial charge in [-0.1, -0.05) is 0 Å². The fourth-order valence-corrected chi connectivity index (χ4v) is 2.12. The van der Waals surface area contributed by atoms with E-state index < -0.39 is 6.10 Å². The van der Waals surface area contributed by atoms with E-state index in [4.69, 9.17) is 4.74 Å². The maximum Gasteiger partial charge on any atom is 0.237 e. The van der Waals surface area contributed by atoms with Gasteiger partial charge in [0.1, 0.15) is 0 Å². The highest BCUT2D eigenvalue weighted by atomic mass is 16.5. The summed E-state index contributed by atoms with van der Waals surface area (Å²) in [6.45, 7) is 1.35. The molecule has 2 heterocycles. The molecule has 7 heteroatoms. The number of ether oxygens (including phenoxy) is 1. The molecule has 0 spiro atoms. The van der Waals surface area contributed by atoms with E-state index in [0.717, 1.165) is 11.4 Å². The van der Waals surface area contributed by atoms with Gasteiger partial charge < -0.3 is 20.1 Å². The van der Waals surface area contributed by atoms with Crippen LogP contribution in [0.4, 0.5) is 0 Å². The molecule has 106 valence electrons. The standard InChI is InChI=1S/C12H20N4O3/c1-19-6-8(17)2-3-13-12(18)10-4-9-11(5-14-10)16-7-15-9/h7-8,10,14,17H,2-6H2,1H3,(H,13,18)(H,15,16). The van der Waals surface area contributed by atoms with Gasteiger partial charge in [0.05, 0.1) is 36.5 Å². The van der Waals surface area contributed by atoms with Crippen LogP contribution < -0.4 is 10.6 Å². The Kier molecular flexibility index (Phi) is 4.89. The van der Waals surface area contributed by atoms with E-state index in [1.54, 1.807) is 6.33 Å². The summed E-state index contributed by atoms with van der Waals surface area (Å²) in [5, 5.41) is 15.4. The lowest BCUT2D eigenvalue weighted by molar-refractivity contribution is -0.123. The van der Waals surface area contributed by atoms with Crippen LogP contribution in [-0.2, 0) is 22.5 Å². The molecule has 0 saturated carbocycles. The maximum absolute atomic E-state index is 11.9. The number of H-pyrrole nitrogens is 1. The Labute approximate surface area is 111 Å². The third-order valence-electron chi connectivity index (χ3n) is 3.18. The minimum Gasteiger partial charge on any atom is -0.391 e. The summed E-state index contributed by atoms with van der Waals surface area (Å²) in [5.41, 5.74) is 1.98. The zero-order valence-corrected chi connectivity index (χ0v) is 11.0. The lowest BCUT2D eigenvalue weighted by Crippen LogP contribution is -2.48. The highest BCUT2D eigenvalue weighted by Gasteiger charge is 2.25. The van der Waals surface area contributed by atoms with Crippen molar-refractivity contribution < 1.29 is 14.6 Å². The number of imidazole rings is 1.